The van der Waals surface area contributed by atoms with Crippen molar-refractivity contribution in [2.45, 2.75) is 12.8 Å². The van der Waals surface area contributed by atoms with Gasteiger partial charge in [0.1, 0.15) is 0 Å². The summed E-state index contributed by atoms with van der Waals surface area (Å²) in [6, 6.07) is 0. The molecule has 2 atom stereocenters. The molecule has 0 aromatic rings. The van der Waals surface area contributed by atoms with Crippen LogP contribution in [0, 0.1) is 11.8 Å². The van der Waals surface area contributed by atoms with Crippen molar-refractivity contribution in [1.29, 1.82) is 0 Å². The number of nitrogens with zero attached hydrogens (tertiary/aromatic N) is 1. The highest BCUT2D eigenvalue weighted by atomic mass is 32.1. The minimum absolute atomic E-state index is 0.564. The van der Waals surface area contributed by atoms with Crippen LogP contribution in [-0.2, 0) is 4.74 Å². The van der Waals surface area contributed by atoms with Crippen LogP contribution in [0.25, 0.3) is 0 Å². The first-order chi connectivity index (χ1) is 7.81. The molecular formula is C11H17N3OS. The average molecular weight is 239 g/mol. The molecule has 0 aromatic heterocycles. The monoisotopic (exact) mass is 239 g/mol. The first kappa shape index (κ1) is 11.5. The number of allylic oxidation sites excluding steroid dienone is 2. The lowest BCUT2D eigenvalue weighted by atomic mass is 9.74. The van der Waals surface area contributed by atoms with E-state index >= 15 is 0 Å². The number of fused-ring (bicyclic) bond motifs is 1. The molecule has 1 fully saturated rings. The molecule has 0 heterocycles. The number of nitrogens with one attached hydrogen (secondary N) is 2. The van der Waals surface area contributed by atoms with Gasteiger partial charge in [-0.25, -0.2) is 0 Å². The van der Waals surface area contributed by atoms with E-state index < -0.39 is 0 Å². The molecule has 2 rings (SSSR count). The van der Waals surface area contributed by atoms with Crippen LogP contribution in [0.15, 0.2) is 17.3 Å². The first-order valence-corrected chi connectivity index (χ1v) is 5.98. The third kappa shape index (κ3) is 2.59. The van der Waals surface area contributed by atoms with Crippen molar-refractivity contribution in [3.05, 3.63) is 12.2 Å². The number of thiocarbonyl (C=S) groups is 1. The SMILES string of the molecule is COCCNC(=S)NN=C1CC2CC=CC12. The summed E-state index contributed by atoms with van der Waals surface area (Å²) in [6.07, 6.45) is 6.80. The Morgan fingerprint density at radius 1 is 1.69 bits per heavy atom. The maximum Gasteiger partial charge on any atom is 0.187 e. The topological polar surface area (TPSA) is 45.6 Å². The molecule has 0 aliphatic heterocycles. The molecule has 0 bridgehead atoms. The number of hydrogen-bond acceptors (Lipinski definition) is 3. The zero-order valence-electron chi connectivity index (χ0n) is 9.40. The molecule has 0 aromatic carbocycles. The molecule has 2 N–H and O–H groups in total. The van der Waals surface area contributed by atoms with Gasteiger partial charge in [0, 0.05) is 25.3 Å². The molecule has 0 spiro atoms. The molecule has 0 saturated heterocycles. The second kappa shape index (κ2) is 5.41. The summed E-state index contributed by atoms with van der Waals surface area (Å²) < 4.78 is 4.91. The molecule has 88 valence electrons. The number of ether oxygens (including phenoxy) is 1. The lowest BCUT2D eigenvalue weighted by molar-refractivity contribution is 0.204. The van der Waals surface area contributed by atoms with Gasteiger partial charge >= 0.3 is 0 Å². The molecule has 16 heavy (non-hydrogen) atoms. The molecule has 2 aliphatic carbocycles. The Kier molecular flexibility index (Phi) is 3.90. The fourth-order valence-electron chi connectivity index (χ4n) is 2.09. The van der Waals surface area contributed by atoms with Crippen molar-refractivity contribution in [2.75, 3.05) is 20.3 Å². The number of rotatable bonds is 4. The summed E-state index contributed by atoms with van der Waals surface area (Å²) in [6.45, 7) is 1.35. The summed E-state index contributed by atoms with van der Waals surface area (Å²) in [7, 11) is 1.67. The van der Waals surface area contributed by atoms with E-state index in [0.29, 0.717) is 24.2 Å². The van der Waals surface area contributed by atoms with E-state index in [-0.39, 0.29) is 0 Å². The Labute approximate surface area is 101 Å². The highest BCUT2D eigenvalue weighted by molar-refractivity contribution is 7.80. The van der Waals surface area contributed by atoms with Gasteiger partial charge in [-0.1, -0.05) is 12.2 Å². The zero-order chi connectivity index (χ0) is 11.4. The Hall–Kier alpha value is -0.940. The summed E-state index contributed by atoms with van der Waals surface area (Å²) >= 11 is 5.07. The van der Waals surface area contributed by atoms with E-state index in [2.05, 4.69) is 28.0 Å². The van der Waals surface area contributed by atoms with E-state index in [1.165, 1.54) is 12.1 Å². The molecule has 2 aliphatic rings. The standard InChI is InChI=1S/C11H17N3OS/c1-15-6-5-12-11(16)14-13-10-7-8-3-2-4-9(8)10/h2,4,8-9H,3,5-7H2,1H3,(H2,12,14,16). The third-order valence-electron chi connectivity index (χ3n) is 3.04. The first-order valence-electron chi connectivity index (χ1n) is 5.57. The van der Waals surface area contributed by atoms with Gasteiger partial charge in [-0.15, -0.1) is 0 Å². The van der Waals surface area contributed by atoms with Crippen LogP contribution < -0.4 is 10.7 Å². The summed E-state index contributed by atoms with van der Waals surface area (Å²) in [4.78, 5) is 0. The molecule has 2 unspecified atom stereocenters. The highest BCUT2D eigenvalue weighted by Crippen LogP contribution is 2.39. The van der Waals surface area contributed by atoms with Crippen molar-refractivity contribution in [2.24, 2.45) is 16.9 Å². The van der Waals surface area contributed by atoms with Gasteiger partial charge in [0.05, 0.1) is 6.61 Å². The van der Waals surface area contributed by atoms with Crippen LogP contribution in [0.3, 0.4) is 0 Å². The van der Waals surface area contributed by atoms with Crippen LogP contribution in [0.4, 0.5) is 0 Å². The van der Waals surface area contributed by atoms with Crippen LogP contribution in [0.5, 0.6) is 0 Å². The fraction of sp³-hybridized carbons (Fsp3) is 0.636. The predicted molar refractivity (Wildman–Crippen MR) is 68.4 cm³/mol. The van der Waals surface area contributed by atoms with E-state index in [9.17, 15) is 0 Å². The second-order valence-electron chi connectivity index (χ2n) is 4.12. The molecule has 1 saturated carbocycles. The fourth-order valence-corrected chi connectivity index (χ4v) is 2.24. The van der Waals surface area contributed by atoms with E-state index in [1.807, 2.05) is 0 Å². The Bertz CT molecular complexity index is 327. The van der Waals surface area contributed by atoms with Gasteiger partial charge < -0.3 is 10.1 Å². The van der Waals surface area contributed by atoms with Crippen LogP contribution in [0.1, 0.15) is 12.8 Å². The Morgan fingerprint density at radius 3 is 3.31 bits per heavy atom. The minimum Gasteiger partial charge on any atom is -0.383 e. The predicted octanol–water partition coefficient (Wildman–Crippen LogP) is 1.05. The van der Waals surface area contributed by atoms with E-state index in [4.69, 9.17) is 17.0 Å². The largest absolute Gasteiger partial charge is 0.383 e. The molecule has 0 amide bonds. The quantitative estimate of drug-likeness (QED) is 0.333. The summed E-state index contributed by atoms with van der Waals surface area (Å²) in [5.74, 6) is 1.37. The number of hydrazone groups is 1. The van der Waals surface area contributed by atoms with Gasteiger partial charge in [-0.05, 0) is 31.0 Å². The third-order valence-corrected chi connectivity index (χ3v) is 3.27. The Morgan fingerprint density at radius 2 is 2.56 bits per heavy atom. The Balaban J connectivity index is 1.69. The van der Waals surface area contributed by atoms with Gasteiger partial charge in [0.2, 0.25) is 0 Å². The lowest BCUT2D eigenvalue weighted by Gasteiger charge is -2.31. The smallest absolute Gasteiger partial charge is 0.187 e. The molecule has 0 radical (unpaired) electrons. The molecular weight excluding hydrogens is 222 g/mol. The van der Waals surface area contributed by atoms with Crippen molar-refractivity contribution in [3.8, 4) is 0 Å². The summed E-state index contributed by atoms with van der Waals surface area (Å²) in [5, 5.41) is 7.90. The van der Waals surface area contributed by atoms with Gasteiger partial charge in [0.25, 0.3) is 0 Å². The van der Waals surface area contributed by atoms with Gasteiger partial charge in [-0.2, -0.15) is 5.10 Å². The average Bonchev–Trinajstić information content (AvgIpc) is 2.61. The van der Waals surface area contributed by atoms with E-state index in [0.717, 1.165) is 12.3 Å². The van der Waals surface area contributed by atoms with Crippen LogP contribution in [0.2, 0.25) is 0 Å². The maximum absolute atomic E-state index is 5.07. The van der Waals surface area contributed by atoms with Gasteiger partial charge in [-0.3, -0.25) is 5.43 Å². The zero-order valence-corrected chi connectivity index (χ0v) is 10.2. The van der Waals surface area contributed by atoms with Crippen LogP contribution in [-0.4, -0.2) is 31.1 Å². The van der Waals surface area contributed by atoms with Gasteiger partial charge in [0.15, 0.2) is 5.11 Å². The highest BCUT2D eigenvalue weighted by Gasteiger charge is 2.37. The van der Waals surface area contributed by atoms with E-state index in [1.54, 1.807) is 7.11 Å². The number of hydrogen-bond donors (Lipinski definition) is 2. The van der Waals surface area contributed by atoms with Crippen molar-refractivity contribution >= 4 is 23.0 Å². The molecule has 4 nitrogen and oxygen atoms in total. The van der Waals surface area contributed by atoms with Crippen molar-refractivity contribution in [3.63, 3.8) is 0 Å². The summed E-state index contributed by atoms with van der Waals surface area (Å²) in [5.41, 5.74) is 4.09. The second-order valence-corrected chi connectivity index (χ2v) is 4.53. The van der Waals surface area contributed by atoms with Crippen molar-refractivity contribution in [1.82, 2.24) is 10.7 Å². The minimum atomic E-state index is 0.564. The molecule has 5 heteroatoms. The maximum atomic E-state index is 5.07. The number of methoxy groups -OCH3 is 1. The lowest BCUT2D eigenvalue weighted by Crippen LogP contribution is -2.39. The van der Waals surface area contributed by atoms with Crippen molar-refractivity contribution < 1.29 is 4.74 Å². The van der Waals surface area contributed by atoms with Crippen LogP contribution >= 0.6 is 12.2 Å². The normalized spacial score (nSPS) is 28.7.